The number of carbonyl (C=O) groups is 3. The van der Waals surface area contributed by atoms with Crippen molar-refractivity contribution < 1.29 is 23.9 Å². The van der Waals surface area contributed by atoms with Gasteiger partial charge < -0.3 is 25.0 Å². The Balaban J connectivity index is 1.34. The summed E-state index contributed by atoms with van der Waals surface area (Å²) in [6, 6.07) is 14.3. The first kappa shape index (κ1) is 29.8. The predicted octanol–water partition coefficient (Wildman–Crippen LogP) is 5.04. The Labute approximate surface area is 257 Å². The van der Waals surface area contributed by atoms with Crippen LogP contribution in [0.25, 0.3) is 0 Å². The summed E-state index contributed by atoms with van der Waals surface area (Å²) in [5, 5.41) is 6.35. The molecule has 2 aromatic carbocycles. The number of ether oxygens (including phenoxy) is 2. The van der Waals surface area contributed by atoms with Gasteiger partial charge in [0.15, 0.2) is 0 Å². The van der Waals surface area contributed by atoms with Crippen LogP contribution in [0, 0.1) is 23.7 Å². The topological polar surface area (TPSA) is 97.0 Å². The minimum atomic E-state index is -1.22. The molecule has 0 unspecified atom stereocenters. The number of amides is 3. The number of para-hydroxylation sites is 1. The highest BCUT2D eigenvalue weighted by molar-refractivity contribution is 7.98. The molecule has 3 fully saturated rings. The molecule has 3 heterocycles. The monoisotopic (exact) mass is 603 g/mol. The van der Waals surface area contributed by atoms with E-state index >= 15 is 0 Å². The fraction of sp³-hybridized carbons (Fsp3) is 0.500. The third kappa shape index (κ3) is 5.24. The Morgan fingerprint density at radius 2 is 1.93 bits per heavy atom. The van der Waals surface area contributed by atoms with Crippen molar-refractivity contribution in [1.29, 1.82) is 0 Å². The van der Waals surface area contributed by atoms with Gasteiger partial charge in [0.1, 0.15) is 17.4 Å². The average Bonchev–Trinajstić information content (AvgIpc) is 3.64. The molecule has 3 amide bonds. The van der Waals surface area contributed by atoms with E-state index in [1.54, 1.807) is 16.7 Å². The van der Waals surface area contributed by atoms with Crippen molar-refractivity contribution >= 4 is 35.2 Å². The van der Waals surface area contributed by atoms with Crippen LogP contribution in [0.4, 0.5) is 5.69 Å². The van der Waals surface area contributed by atoms with E-state index in [1.807, 2.05) is 73.9 Å². The number of nitrogens with one attached hydrogen (secondary N) is 2. The fourth-order valence-electron chi connectivity index (χ4n) is 7.53. The molecule has 2 saturated heterocycles. The van der Waals surface area contributed by atoms with Crippen molar-refractivity contribution in [2.24, 2.45) is 23.7 Å². The van der Waals surface area contributed by atoms with Gasteiger partial charge in [-0.25, -0.2) is 0 Å². The van der Waals surface area contributed by atoms with Crippen LogP contribution in [0.15, 0.2) is 65.6 Å². The van der Waals surface area contributed by atoms with Crippen LogP contribution < -0.4 is 15.4 Å². The van der Waals surface area contributed by atoms with Crippen LogP contribution in [0.2, 0.25) is 0 Å². The lowest BCUT2D eigenvalue weighted by Crippen LogP contribution is -2.57. The zero-order valence-electron chi connectivity index (χ0n) is 25.2. The van der Waals surface area contributed by atoms with Gasteiger partial charge in [-0.2, -0.15) is 0 Å². The first-order valence-electron chi connectivity index (χ1n) is 15.4. The summed E-state index contributed by atoms with van der Waals surface area (Å²) in [4.78, 5) is 45.3. The SMILES string of the molecule is CCOc1ccccc1CN1C(=O)[C@@H]2[C@H](C(=O)Nc3cccc(SC)c3)[C@@H]3C=C[C@@]2(O3)[C@@H]1C(=O)N[C@@H]1CCC[C@@H](C)[C@H]1C. The highest BCUT2D eigenvalue weighted by atomic mass is 32.2. The summed E-state index contributed by atoms with van der Waals surface area (Å²) in [6.07, 6.45) is 8.22. The highest BCUT2D eigenvalue weighted by Gasteiger charge is 2.72. The molecule has 2 N–H and O–H groups in total. The first-order valence-corrected chi connectivity index (χ1v) is 16.6. The summed E-state index contributed by atoms with van der Waals surface area (Å²) in [5.74, 6) is -0.836. The highest BCUT2D eigenvalue weighted by Crippen LogP contribution is 2.55. The van der Waals surface area contributed by atoms with Crippen molar-refractivity contribution in [3.05, 3.63) is 66.2 Å². The molecule has 2 aromatic rings. The first-order chi connectivity index (χ1) is 20.8. The van der Waals surface area contributed by atoms with E-state index in [1.165, 1.54) is 0 Å². The number of likely N-dealkylation sites (tertiary alicyclic amines) is 1. The zero-order chi connectivity index (χ0) is 30.3. The van der Waals surface area contributed by atoms with Crippen LogP contribution in [0.5, 0.6) is 5.75 Å². The molecule has 8 nitrogen and oxygen atoms in total. The average molecular weight is 604 g/mol. The Bertz CT molecular complexity index is 1430. The second-order valence-electron chi connectivity index (χ2n) is 12.3. The Kier molecular flexibility index (Phi) is 8.31. The second kappa shape index (κ2) is 12.0. The Morgan fingerprint density at radius 3 is 2.72 bits per heavy atom. The summed E-state index contributed by atoms with van der Waals surface area (Å²) >= 11 is 1.59. The van der Waals surface area contributed by atoms with Crippen LogP contribution in [-0.2, 0) is 25.7 Å². The molecule has 228 valence electrons. The maximum Gasteiger partial charge on any atom is 0.246 e. The van der Waals surface area contributed by atoms with Crippen molar-refractivity contribution in [3.63, 3.8) is 0 Å². The molecular weight excluding hydrogens is 562 g/mol. The molecule has 6 rings (SSSR count). The van der Waals surface area contributed by atoms with E-state index in [9.17, 15) is 14.4 Å². The van der Waals surface area contributed by atoms with Crippen LogP contribution in [0.3, 0.4) is 0 Å². The van der Waals surface area contributed by atoms with E-state index in [0.717, 1.165) is 29.7 Å². The molecule has 43 heavy (non-hydrogen) atoms. The standard InChI is InChI=1S/C34H41N3O5S/c1-5-41-26-15-7-6-11-22(26)19-37-30(32(39)36-25-14-8-10-20(2)21(25)3)34-17-16-27(42-34)28(29(34)33(37)40)31(38)35-23-12-9-13-24(18-23)43-4/h6-7,9,11-13,15-18,20-21,25,27-30H,5,8,10,14,19H2,1-4H3,(H,35,38)(H,36,39)/t20-,21-,25-,27+,28-,29+,30+,34+/m1/s1. The number of thioether (sulfide) groups is 1. The summed E-state index contributed by atoms with van der Waals surface area (Å²) < 4.78 is 12.4. The van der Waals surface area contributed by atoms with Gasteiger partial charge in [-0.3, -0.25) is 14.4 Å². The lowest BCUT2D eigenvalue weighted by Gasteiger charge is -2.38. The zero-order valence-corrected chi connectivity index (χ0v) is 26.1. The number of fused-ring (bicyclic) bond motifs is 1. The molecule has 8 atom stereocenters. The number of anilines is 1. The molecule has 0 radical (unpaired) electrons. The minimum Gasteiger partial charge on any atom is -0.494 e. The van der Waals surface area contributed by atoms with Gasteiger partial charge in [-0.1, -0.05) is 63.1 Å². The number of hydrogen-bond acceptors (Lipinski definition) is 6. The molecular formula is C34H41N3O5S. The number of rotatable bonds is 9. The van der Waals surface area contributed by atoms with Gasteiger partial charge in [0.05, 0.1) is 31.1 Å². The maximum absolute atomic E-state index is 14.4. The molecule has 4 aliphatic rings. The molecule has 0 aromatic heterocycles. The number of benzene rings is 2. The quantitative estimate of drug-likeness (QED) is 0.308. The smallest absolute Gasteiger partial charge is 0.246 e. The van der Waals surface area contributed by atoms with Crippen molar-refractivity contribution in [2.75, 3.05) is 18.2 Å². The third-order valence-corrected chi connectivity index (χ3v) is 10.6. The van der Waals surface area contributed by atoms with Crippen molar-refractivity contribution in [1.82, 2.24) is 10.2 Å². The lowest BCUT2D eigenvalue weighted by atomic mass is 9.73. The maximum atomic E-state index is 14.4. The lowest BCUT2D eigenvalue weighted by molar-refractivity contribution is -0.142. The number of carbonyl (C=O) groups excluding carboxylic acids is 3. The van der Waals surface area contributed by atoms with E-state index in [-0.39, 0.29) is 30.3 Å². The van der Waals surface area contributed by atoms with E-state index < -0.39 is 29.6 Å². The van der Waals surface area contributed by atoms with Gasteiger partial charge in [0.25, 0.3) is 0 Å². The van der Waals surface area contributed by atoms with E-state index in [4.69, 9.17) is 9.47 Å². The molecule has 1 spiro atoms. The van der Waals surface area contributed by atoms with Crippen LogP contribution >= 0.6 is 11.8 Å². The van der Waals surface area contributed by atoms with Gasteiger partial charge >= 0.3 is 0 Å². The molecule has 9 heteroatoms. The minimum absolute atomic E-state index is 0.0183. The molecule has 3 aliphatic heterocycles. The Morgan fingerprint density at radius 1 is 1.12 bits per heavy atom. The number of nitrogens with zero attached hydrogens (tertiary/aromatic N) is 1. The summed E-state index contributed by atoms with van der Waals surface area (Å²) in [7, 11) is 0. The summed E-state index contributed by atoms with van der Waals surface area (Å²) in [6.45, 7) is 6.99. The van der Waals surface area contributed by atoms with Crippen LogP contribution in [-0.4, -0.2) is 59.3 Å². The van der Waals surface area contributed by atoms with Crippen LogP contribution in [0.1, 0.15) is 45.6 Å². The third-order valence-electron chi connectivity index (χ3n) is 9.91. The second-order valence-corrected chi connectivity index (χ2v) is 13.2. The Hall–Kier alpha value is -3.30. The van der Waals surface area contributed by atoms with Crippen molar-refractivity contribution in [3.8, 4) is 5.75 Å². The number of hydrogen-bond donors (Lipinski definition) is 2. The normalized spacial score (nSPS) is 32.5. The fourth-order valence-corrected chi connectivity index (χ4v) is 7.99. The van der Waals surface area contributed by atoms with Gasteiger partial charge in [0, 0.05) is 22.2 Å². The van der Waals surface area contributed by atoms with E-state index in [0.29, 0.717) is 29.9 Å². The van der Waals surface area contributed by atoms with E-state index in [2.05, 4.69) is 24.5 Å². The predicted molar refractivity (Wildman–Crippen MR) is 167 cm³/mol. The molecule has 2 bridgehead atoms. The summed E-state index contributed by atoms with van der Waals surface area (Å²) in [5.41, 5.74) is 0.249. The van der Waals surface area contributed by atoms with Crippen molar-refractivity contribution in [2.45, 2.75) is 75.3 Å². The van der Waals surface area contributed by atoms with Gasteiger partial charge in [-0.15, -0.1) is 11.8 Å². The van der Waals surface area contributed by atoms with Gasteiger partial charge in [-0.05, 0) is 55.7 Å². The largest absolute Gasteiger partial charge is 0.494 e. The molecule has 1 saturated carbocycles. The molecule has 1 aliphatic carbocycles. The van der Waals surface area contributed by atoms with Gasteiger partial charge in [0.2, 0.25) is 17.7 Å².